The van der Waals surface area contributed by atoms with Crippen molar-refractivity contribution in [3.63, 3.8) is 0 Å². The highest BCUT2D eigenvalue weighted by molar-refractivity contribution is 6.00. The standard InChI is InChI=1S/C25H27N3O4/c1-2-13-31-17-11-9-16(10-12-17)24-21-22(19-7-3-4-8-20(19)29)26-27-23(21)25(30)28(24)15-18-6-5-14-32-18/h3-4,7-12,18,24,29H,2,5-6,13-15H2,1H3,(H,26,27)/t18-,24+/m1/s1. The van der Waals surface area contributed by atoms with Gasteiger partial charge in [-0.05, 0) is 49.1 Å². The van der Waals surface area contributed by atoms with E-state index in [9.17, 15) is 9.90 Å². The Hall–Kier alpha value is -3.32. The Balaban J connectivity index is 1.57. The second-order valence-corrected chi connectivity index (χ2v) is 8.29. The van der Waals surface area contributed by atoms with Gasteiger partial charge in [0.15, 0.2) is 0 Å². The van der Waals surface area contributed by atoms with Gasteiger partial charge in [0.1, 0.15) is 22.9 Å². The normalized spacial score (nSPS) is 20.0. The van der Waals surface area contributed by atoms with Crippen LogP contribution in [-0.4, -0.2) is 52.0 Å². The van der Waals surface area contributed by atoms with Crippen LogP contribution in [0.15, 0.2) is 48.5 Å². The molecule has 0 bridgehead atoms. The Labute approximate surface area is 187 Å². The summed E-state index contributed by atoms with van der Waals surface area (Å²) in [6.45, 7) is 3.98. The number of phenols is 1. The van der Waals surface area contributed by atoms with Crippen molar-refractivity contribution in [3.8, 4) is 22.8 Å². The van der Waals surface area contributed by atoms with Gasteiger partial charge in [-0.2, -0.15) is 5.10 Å². The van der Waals surface area contributed by atoms with Crippen LogP contribution in [0.1, 0.15) is 53.8 Å². The molecule has 0 aliphatic carbocycles. The SMILES string of the molecule is CCCOc1ccc([C@H]2c3c(-c4ccccc4O)n[nH]c3C(=O)N2C[C@H]2CCCO2)cc1. The van der Waals surface area contributed by atoms with Crippen LogP contribution < -0.4 is 4.74 Å². The third-order valence-electron chi connectivity index (χ3n) is 6.12. The van der Waals surface area contributed by atoms with Crippen LogP contribution in [-0.2, 0) is 4.74 Å². The number of aromatic hydroxyl groups is 1. The van der Waals surface area contributed by atoms with Crippen LogP contribution in [0.2, 0.25) is 0 Å². The Morgan fingerprint density at radius 2 is 2.03 bits per heavy atom. The maximum absolute atomic E-state index is 13.4. The van der Waals surface area contributed by atoms with Gasteiger partial charge in [0.2, 0.25) is 0 Å². The summed E-state index contributed by atoms with van der Waals surface area (Å²) in [6, 6.07) is 14.6. The van der Waals surface area contributed by atoms with Crippen molar-refractivity contribution < 1.29 is 19.4 Å². The molecule has 0 spiro atoms. The summed E-state index contributed by atoms with van der Waals surface area (Å²) in [5, 5.41) is 17.8. The number of amides is 1. The van der Waals surface area contributed by atoms with Crippen LogP contribution in [0.3, 0.4) is 0 Å². The Bertz CT molecular complexity index is 1100. The van der Waals surface area contributed by atoms with Crippen molar-refractivity contribution in [2.24, 2.45) is 0 Å². The van der Waals surface area contributed by atoms with Gasteiger partial charge in [-0.3, -0.25) is 9.89 Å². The minimum atomic E-state index is -0.324. The van der Waals surface area contributed by atoms with E-state index in [-0.39, 0.29) is 23.8 Å². The van der Waals surface area contributed by atoms with E-state index in [2.05, 4.69) is 17.1 Å². The maximum Gasteiger partial charge on any atom is 0.273 e. The molecular formula is C25H27N3O4. The molecule has 0 radical (unpaired) electrons. The molecule has 1 amide bonds. The Morgan fingerprint density at radius 3 is 2.75 bits per heavy atom. The quantitative estimate of drug-likeness (QED) is 0.580. The molecule has 5 rings (SSSR count). The van der Waals surface area contributed by atoms with E-state index in [1.165, 1.54) is 0 Å². The maximum atomic E-state index is 13.4. The summed E-state index contributed by atoms with van der Waals surface area (Å²) in [5.74, 6) is 0.841. The van der Waals surface area contributed by atoms with E-state index >= 15 is 0 Å². The number of para-hydroxylation sites is 1. The first-order valence-corrected chi connectivity index (χ1v) is 11.2. The number of nitrogens with one attached hydrogen (secondary N) is 1. The van der Waals surface area contributed by atoms with E-state index in [1.54, 1.807) is 12.1 Å². The smallest absolute Gasteiger partial charge is 0.273 e. The predicted molar refractivity (Wildman–Crippen MR) is 120 cm³/mol. The van der Waals surface area contributed by atoms with Crippen LogP contribution >= 0.6 is 0 Å². The summed E-state index contributed by atoms with van der Waals surface area (Å²) in [5.41, 5.74) is 3.42. The highest BCUT2D eigenvalue weighted by Crippen LogP contribution is 2.45. The summed E-state index contributed by atoms with van der Waals surface area (Å²) in [6.07, 6.45) is 2.92. The molecule has 7 nitrogen and oxygen atoms in total. The zero-order valence-electron chi connectivity index (χ0n) is 18.1. The lowest BCUT2D eigenvalue weighted by molar-refractivity contribution is 0.0495. The number of aromatic nitrogens is 2. The van der Waals surface area contributed by atoms with E-state index < -0.39 is 0 Å². The highest BCUT2D eigenvalue weighted by atomic mass is 16.5. The average molecular weight is 434 g/mol. The Morgan fingerprint density at radius 1 is 1.22 bits per heavy atom. The minimum absolute atomic E-state index is 0.0270. The van der Waals surface area contributed by atoms with Gasteiger partial charge in [0, 0.05) is 24.3 Å². The molecule has 2 aliphatic rings. The number of fused-ring (bicyclic) bond motifs is 1. The second-order valence-electron chi connectivity index (χ2n) is 8.29. The largest absolute Gasteiger partial charge is 0.507 e. The number of benzene rings is 2. The fraction of sp³-hybridized carbons (Fsp3) is 0.360. The van der Waals surface area contributed by atoms with Gasteiger partial charge in [-0.1, -0.05) is 31.2 Å². The molecular weight excluding hydrogens is 406 g/mol. The van der Waals surface area contributed by atoms with Gasteiger partial charge in [0.05, 0.1) is 18.8 Å². The van der Waals surface area contributed by atoms with Gasteiger partial charge < -0.3 is 19.5 Å². The number of hydrogen-bond donors (Lipinski definition) is 2. The lowest BCUT2D eigenvalue weighted by Crippen LogP contribution is -2.36. The number of nitrogens with zero attached hydrogens (tertiary/aromatic N) is 2. The molecule has 32 heavy (non-hydrogen) atoms. The van der Waals surface area contributed by atoms with E-state index in [4.69, 9.17) is 9.47 Å². The summed E-state index contributed by atoms with van der Waals surface area (Å²) in [7, 11) is 0. The van der Waals surface area contributed by atoms with Crippen LogP contribution in [0.25, 0.3) is 11.3 Å². The van der Waals surface area contributed by atoms with Gasteiger partial charge in [-0.25, -0.2) is 0 Å². The zero-order chi connectivity index (χ0) is 22.1. The number of carbonyl (C=O) groups excluding carboxylic acids is 1. The summed E-state index contributed by atoms with van der Waals surface area (Å²) < 4.78 is 11.6. The van der Waals surface area contributed by atoms with E-state index in [1.807, 2.05) is 41.3 Å². The predicted octanol–water partition coefficient (Wildman–Crippen LogP) is 4.30. The summed E-state index contributed by atoms with van der Waals surface area (Å²) in [4.78, 5) is 15.3. The first kappa shape index (κ1) is 20.6. The third-order valence-corrected chi connectivity index (χ3v) is 6.12. The molecule has 1 saturated heterocycles. The third kappa shape index (κ3) is 3.62. The van der Waals surface area contributed by atoms with Crippen LogP contribution in [0, 0.1) is 0 Å². The fourth-order valence-electron chi connectivity index (χ4n) is 4.58. The molecule has 3 aromatic rings. The molecule has 1 fully saturated rings. The first-order valence-electron chi connectivity index (χ1n) is 11.2. The lowest BCUT2D eigenvalue weighted by Gasteiger charge is -2.28. The van der Waals surface area contributed by atoms with E-state index in [0.29, 0.717) is 30.1 Å². The number of aromatic amines is 1. The van der Waals surface area contributed by atoms with Crippen molar-refractivity contribution in [1.82, 2.24) is 15.1 Å². The van der Waals surface area contributed by atoms with Crippen molar-refractivity contribution >= 4 is 5.91 Å². The number of H-pyrrole nitrogens is 1. The van der Waals surface area contributed by atoms with Crippen LogP contribution in [0.4, 0.5) is 0 Å². The summed E-state index contributed by atoms with van der Waals surface area (Å²) >= 11 is 0. The molecule has 2 aromatic carbocycles. The minimum Gasteiger partial charge on any atom is -0.507 e. The van der Waals surface area contributed by atoms with Crippen molar-refractivity contribution in [2.45, 2.75) is 38.3 Å². The molecule has 2 atom stereocenters. The molecule has 2 N–H and O–H groups in total. The molecule has 1 aromatic heterocycles. The molecule has 166 valence electrons. The molecule has 0 unspecified atom stereocenters. The Kier molecular flexibility index (Phi) is 5.57. The zero-order valence-corrected chi connectivity index (χ0v) is 18.1. The van der Waals surface area contributed by atoms with Crippen molar-refractivity contribution in [3.05, 3.63) is 65.4 Å². The number of ether oxygens (including phenoxy) is 2. The van der Waals surface area contributed by atoms with Crippen molar-refractivity contribution in [2.75, 3.05) is 19.8 Å². The number of rotatable bonds is 7. The monoisotopic (exact) mass is 433 g/mol. The molecule has 3 heterocycles. The highest BCUT2D eigenvalue weighted by Gasteiger charge is 2.43. The first-order chi connectivity index (χ1) is 15.7. The topological polar surface area (TPSA) is 87.7 Å². The van der Waals surface area contributed by atoms with Crippen LogP contribution in [0.5, 0.6) is 11.5 Å². The van der Waals surface area contributed by atoms with E-state index in [0.717, 1.165) is 42.7 Å². The molecule has 0 saturated carbocycles. The second kappa shape index (κ2) is 8.67. The fourth-order valence-corrected chi connectivity index (χ4v) is 4.58. The number of hydrogen-bond acceptors (Lipinski definition) is 5. The van der Waals surface area contributed by atoms with Crippen molar-refractivity contribution in [1.29, 1.82) is 0 Å². The van der Waals surface area contributed by atoms with Gasteiger partial charge in [-0.15, -0.1) is 0 Å². The molecule has 7 heteroatoms. The van der Waals surface area contributed by atoms with Gasteiger partial charge in [0.25, 0.3) is 5.91 Å². The average Bonchev–Trinajstić information content (AvgIpc) is 3.53. The molecule has 2 aliphatic heterocycles. The lowest BCUT2D eigenvalue weighted by atomic mass is 9.95. The number of phenolic OH excluding ortho intramolecular Hbond substituents is 1. The van der Waals surface area contributed by atoms with Gasteiger partial charge >= 0.3 is 0 Å². The number of carbonyl (C=O) groups is 1.